The highest BCUT2D eigenvalue weighted by Crippen LogP contribution is 2.41. The molecule has 3 fully saturated rings. The number of aromatic nitrogens is 3. The molecule has 3 aliphatic heterocycles. The first-order valence-corrected chi connectivity index (χ1v) is 14.9. The predicted octanol–water partition coefficient (Wildman–Crippen LogP) is 5.17. The largest absolute Gasteiger partial charge is 0.508 e. The van der Waals surface area contributed by atoms with Crippen molar-refractivity contribution in [3.63, 3.8) is 0 Å². The lowest BCUT2D eigenvalue weighted by atomic mass is 9.95. The number of anilines is 1. The smallest absolute Gasteiger partial charge is 0.319 e. The number of ether oxygens (including phenoxy) is 1. The first kappa shape index (κ1) is 27.2. The Kier molecular flexibility index (Phi) is 6.85. The van der Waals surface area contributed by atoms with Crippen molar-refractivity contribution < 1.29 is 23.7 Å². The molecular weight excluding hydrogens is 540 g/mol. The van der Waals surface area contributed by atoms with Gasteiger partial charge in [-0.25, -0.2) is 8.78 Å². The van der Waals surface area contributed by atoms with E-state index in [2.05, 4.69) is 14.9 Å². The third-order valence-electron chi connectivity index (χ3n) is 9.25. The van der Waals surface area contributed by atoms with Gasteiger partial charge in [0.15, 0.2) is 5.82 Å². The molecule has 0 bridgehead atoms. The second-order valence-corrected chi connectivity index (χ2v) is 12.0. The number of hydrogen-bond donors (Lipinski definition) is 2. The number of nitrogens with zero attached hydrogens (tertiary/aromatic N) is 5. The van der Waals surface area contributed by atoms with Crippen molar-refractivity contribution in [2.24, 2.45) is 0 Å². The highest BCUT2D eigenvalue weighted by Gasteiger charge is 2.49. The Morgan fingerprint density at radius 2 is 2.02 bits per heavy atom. The number of alkyl halides is 1. The fraction of sp³-hybridized carbons (Fsp3) is 0.469. The summed E-state index contributed by atoms with van der Waals surface area (Å²) < 4.78 is 37.2. The number of aryl methyl sites for hydroxylation is 1. The zero-order valence-corrected chi connectivity index (χ0v) is 23.7. The molecule has 220 valence electrons. The number of aromatic hydroxyl groups is 1. The lowest BCUT2D eigenvalue weighted by molar-refractivity contribution is 0.107. The molecule has 0 aliphatic carbocycles. The molecule has 0 saturated carbocycles. The number of halogens is 2. The topological polar surface area (TPSA) is 94.8 Å². The molecule has 8 nitrogen and oxygen atoms in total. The molecule has 2 aromatic carbocycles. The Balaban J connectivity index is 1.36. The van der Waals surface area contributed by atoms with Gasteiger partial charge in [0, 0.05) is 37.8 Å². The van der Waals surface area contributed by atoms with Crippen molar-refractivity contribution in [2.45, 2.75) is 63.3 Å². The number of aliphatic hydroxyl groups excluding tert-OH is 1. The van der Waals surface area contributed by atoms with Crippen LogP contribution in [0.25, 0.3) is 32.9 Å². The number of phenols is 1. The number of piperidine rings is 1. The number of rotatable bonds is 6. The van der Waals surface area contributed by atoms with Crippen molar-refractivity contribution in [3.05, 3.63) is 47.9 Å². The highest BCUT2D eigenvalue weighted by molar-refractivity contribution is 6.01. The highest BCUT2D eigenvalue weighted by atomic mass is 19.1. The Bertz CT molecular complexity index is 1670. The summed E-state index contributed by atoms with van der Waals surface area (Å²) in [5.41, 5.74) is 1.23. The number of aliphatic hydroxyl groups is 1. The van der Waals surface area contributed by atoms with Gasteiger partial charge >= 0.3 is 6.01 Å². The van der Waals surface area contributed by atoms with Gasteiger partial charge in [0.25, 0.3) is 0 Å². The quantitative estimate of drug-likeness (QED) is 0.325. The van der Waals surface area contributed by atoms with Crippen molar-refractivity contribution in [1.29, 1.82) is 0 Å². The lowest BCUT2D eigenvalue weighted by Crippen LogP contribution is -2.43. The molecule has 7 rings (SSSR count). The summed E-state index contributed by atoms with van der Waals surface area (Å²) >= 11 is 0. The first-order valence-electron chi connectivity index (χ1n) is 14.9. The maximum Gasteiger partial charge on any atom is 0.319 e. The van der Waals surface area contributed by atoms with E-state index in [9.17, 15) is 14.6 Å². The normalized spacial score (nSPS) is 24.5. The summed E-state index contributed by atoms with van der Waals surface area (Å²) in [6.07, 6.45) is 4.54. The van der Waals surface area contributed by atoms with E-state index in [1.807, 2.05) is 30.0 Å². The summed E-state index contributed by atoms with van der Waals surface area (Å²) in [6, 6.07) is 9.04. The molecule has 4 aromatic rings. The van der Waals surface area contributed by atoms with Crippen LogP contribution in [0.2, 0.25) is 0 Å². The van der Waals surface area contributed by atoms with E-state index in [4.69, 9.17) is 9.72 Å². The number of fused-ring (bicyclic) bond motifs is 3. The van der Waals surface area contributed by atoms with Crippen LogP contribution in [0.3, 0.4) is 0 Å². The molecule has 0 radical (unpaired) electrons. The van der Waals surface area contributed by atoms with Gasteiger partial charge in [-0.1, -0.05) is 25.1 Å². The fourth-order valence-electron chi connectivity index (χ4n) is 7.28. The number of hydrogen-bond acceptors (Lipinski definition) is 8. The monoisotopic (exact) mass is 575 g/mol. The predicted molar refractivity (Wildman–Crippen MR) is 157 cm³/mol. The maximum atomic E-state index is 16.6. The Hall–Kier alpha value is -3.63. The second-order valence-electron chi connectivity index (χ2n) is 12.0. The van der Waals surface area contributed by atoms with E-state index >= 15 is 4.39 Å². The second kappa shape index (κ2) is 10.6. The van der Waals surface area contributed by atoms with Gasteiger partial charge in [0.2, 0.25) is 0 Å². The molecule has 3 saturated heterocycles. The van der Waals surface area contributed by atoms with Crippen LogP contribution in [0.15, 0.2) is 36.5 Å². The Labute approximate surface area is 243 Å². The van der Waals surface area contributed by atoms with E-state index in [0.717, 1.165) is 48.6 Å². The average molecular weight is 576 g/mol. The molecular formula is C32H35F2N5O3. The van der Waals surface area contributed by atoms with E-state index in [1.54, 1.807) is 18.3 Å². The van der Waals surface area contributed by atoms with Crippen LogP contribution in [0.5, 0.6) is 11.8 Å². The van der Waals surface area contributed by atoms with Crippen LogP contribution >= 0.6 is 0 Å². The standard InChI is InChI=1S/C32H35F2N5O3/c1-2-19-6-3-7-20-12-23(41)13-24(26(19)20)28-27(34)29-25(15-35-28)30(38-10-4-8-22(40)17-38)37-31(36-29)42-18-32-9-5-11-39(32)16-21(33)14-32/h3,6-7,12-13,15,21-22,40-41H,2,4-5,8-11,14,16-18H2,1H3/t21-,22-,32+/m1/s1. The molecule has 3 atom stereocenters. The van der Waals surface area contributed by atoms with Crippen LogP contribution in [-0.2, 0) is 6.42 Å². The fourth-order valence-corrected chi connectivity index (χ4v) is 7.28. The molecule has 0 unspecified atom stereocenters. The van der Waals surface area contributed by atoms with Crippen LogP contribution in [0, 0.1) is 5.82 Å². The molecule has 0 amide bonds. The molecule has 5 heterocycles. The van der Waals surface area contributed by atoms with Gasteiger partial charge in [-0.05, 0) is 67.1 Å². The van der Waals surface area contributed by atoms with Gasteiger partial charge < -0.3 is 19.8 Å². The van der Waals surface area contributed by atoms with Gasteiger partial charge in [0.05, 0.1) is 17.0 Å². The first-order chi connectivity index (χ1) is 20.3. The molecule has 10 heteroatoms. The minimum absolute atomic E-state index is 0.0184. The third-order valence-corrected chi connectivity index (χ3v) is 9.25. The van der Waals surface area contributed by atoms with E-state index < -0.39 is 23.6 Å². The average Bonchev–Trinajstić information content (AvgIpc) is 3.51. The van der Waals surface area contributed by atoms with Crippen molar-refractivity contribution in [1.82, 2.24) is 19.9 Å². The minimum atomic E-state index is -0.895. The van der Waals surface area contributed by atoms with Crippen LogP contribution < -0.4 is 9.64 Å². The number of β-amino-alcohol motifs (C(OH)–C–C–N with tert-alkyl or cyclic N) is 1. The maximum absolute atomic E-state index is 16.6. The lowest BCUT2D eigenvalue weighted by Gasteiger charge is -2.32. The summed E-state index contributed by atoms with van der Waals surface area (Å²) in [7, 11) is 0. The minimum Gasteiger partial charge on any atom is -0.508 e. The van der Waals surface area contributed by atoms with Crippen LogP contribution in [-0.4, -0.2) is 80.7 Å². The number of pyridine rings is 1. The SMILES string of the molecule is CCc1cccc2cc(O)cc(-c3ncc4c(N5CCC[C@@H](O)C5)nc(OC[C@@]56CCCN5C[C@H](F)C6)nc4c3F)c12. The summed E-state index contributed by atoms with van der Waals surface area (Å²) in [5.74, 6) is -0.163. The van der Waals surface area contributed by atoms with E-state index in [1.165, 1.54) is 0 Å². The number of benzene rings is 2. The number of phenolic OH excluding ortho intramolecular Hbond substituents is 1. The molecule has 2 N–H and O–H groups in total. The van der Waals surface area contributed by atoms with Crippen LogP contribution in [0.1, 0.15) is 44.6 Å². The van der Waals surface area contributed by atoms with Crippen molar-refractivity contribution in [3.8, 4) is 23.0 Å². The molecule has 2 aromatic heterocycles. The summed E-state index contributed by atoms with van der Waals surface area (Å²) in [5, 5.41) is 23.0. The molecule has 42 heavy (non-hydrogen) atoms. The Morgan fingerprint density at radius 3 is 2.86 bits per heavy atom. The van der Waals surface area contributed by atoms with Crippen molar-refractivity contribution in [2.75, 3.05) is 37.7 Å². The van der Waals surface area contributed by atoms with Gasteiger partial charge in [-0.15, -0.1) is 0 Å². The van der Waals surface area contributed by atoms with Gasteiger partial charge in [0.1, 0.15) is 35.6 Å². The molecule has 0 spiro atoms. The zero-order chi connectivity index (χ0) is 29.0. The van der Waals surface area contributed by atoms with Crippen molar-refractivity contribution >= 4 is 27.5 Å². The van der Waals surface area contributed by atoms with E-state index in [0.29, 0.717) is 49.2 Å². The summed E-state index contributed by atoms with van der Waals surface area (Å²) in [4.78, 5) is 17.9. The van der Waals surface area contributed by atoms with Gasteiger partial charge in [-0.3, -0.25) is 9.88 Å². The Morgan fingerprint density at radius 1 is 1.14 bits per heavy atom. The zero-order valence-electron chi connectivity index (χ0n) is 23.7. The summed E-state index contributed by atoms with van der Waals surface area (Å²) in [6.45, 7) is 4.49. The third kappa shape index (κ3) is 4.61. The van der Waals surface area contributed by atoms with Gasteiger partial charge in [-0.2, -0.15) is 9.97 Å². The van der Waals surface area contributed by atoms with E-state index in [-0.39, 0.29) is 29.6 Å². The van der Waals surface area contributed by atoms with Crippen LogP contribution in [0.4, 0.5) is 14.6 Å². The molecule has 3 aliphatic rings.